The summed E-state index contributed by atoms with van der Waals surface area (Å²) in [5, 5.41) is 17.1. The number of hydrogen-bond acceptors (Lipinski definition) is 5. The molecule has 6 nitrogen and oxygen atoms in total. The van der Waals surface area contributed by atoms with Crippen LogP contribution in [0.3, 0.4) is 0 Å². The summed E-state index contributed by atoms with van der Waals surface area (Å²) in [5.41, 5.74) is 2.60. The number of rotatable bonds is 5. The molecule has 1 unspecified atom stereocenters. The lowest BCUT2D eigenvalue weighted by Gasteiger charge is -2.11. The van der Waals surface area contributed by atoms with Crippen LogP contribution in [0.15, 0.2) is 18.2 Å². The predicted molar refractivity (Wildman–Crippen MR) is 80.6 cm³/mol. The minimum atomic E-state index is 0.0141. The fourth-order valence-electron chi connectivity index (χ4n) is 1.73. The lowest BCUT2D eigenvalue weighted by atomic mass is 10.1. The number of anilines is 1. The third kappa shape index (κ3) is 3.57. The highest BCUT2D eigenvalue weighted by molar-refractivity contribution is 7.99. The van der Waals surface area contributed by atoms with E-state index in [0.29, 0.717) is 17.5 Å². The Labute approximate surface area is 121 Å². The van der Waals surface area contributed by atoms with Crippen molar-refractivity contribution in [2.45, 2.75) is 25.5 Å². The van der Waals surface area contributed by atoms with Gasteiger partial charge in [-0.15, -0.1) is 10.2 Å². The summed E-state index contributed by atoms with van der Waals surface area (Å²) in [6.07, 6.45) is 2.49. The van der Waals surface area contributed by atoms with Crippen molar-refractivity contribution in [1.29, 1.82) is 0 Å². The summed E-state index contributed by atoms with van der Waals surface area (Å²) in [4.78, 5) is 12.0. The van der Waals surface area contributed by atoms with Crippen molar-refractivity contribution in [1.82, 2.24) is 20.6 Å². The van der Waals surface area contributed by atoms with E-state index in [4.69, 9.17) is 0 Å². The molecule has 0 saturated carbocycles. The van der Waals surface area contributed by atoms with E-state index in [1.165, 1.54) is 0 Å². The van der Waals surface area contributed by atoms with Crippen molar-refractivity contribution in [2.24, 2.45) is 0 Å². The van der Waals surface area contributed by atoms with Crippen molar-refractivity contribution in [3.63, 3.8) is 0 Å². The van der Waals surface area contributed by atoms with E-state index < -0.39 is 0 Å². The summed E-state index contributed by atoms with van der Waals surface area (Å²) in [6.45, 7) is 3.99. The second-order valence-corrected chi connectivity index (χ2v) is 5.84. The number of tetrazole rings is 1. The summed E-state index contributed by atoms with van der Waals surface area (Å²) < 4.78 is 0. The summed E-state index contributed by atoms with van der Waals surface area (Å²) in [6, 6.07) is 5.70. The molecule has 2 rings (SSSR count). The first-order chi connectivity index (χ1) is 9.60. The summed E-state index contributed by atoms with van der Waals surface area (Å²) >= 11 is 1.68. The highest BCUT2D eigenvalue weighted by atomic mass is 32.2. The van der Waals surface area contributed by atoms with E-state index in [2.05, 4.69) is 25.9 Å². The van der Waals surface area contributed by atoms with Gasteiger partial charge in [0.05, 0.1) is 0 Å². The van der Waals surface area contributed by atoms with Gasteiger partial charge in [-0.05, 0) is 30.0 Å². The van der Waals surface area contributed by atoms with Crippen molar-refractivity contribution in [2.75, 3.05) is 11.6 Å². The number of benzene rings is 1. The molecule has 0 radical (unpaired) electrons. The molecule has 0 aliphatic carbocycles. The van der Waals surface area contributed by atoms with Crippen LogP contribution in [0, 0.1) is 6.92 Å². The second-order valence-electron chi connectivity index (χ2n) is 4.56. The molecule has 7 heteroatoms. The van der Waals surface area contributed by atoms with E-state index in [1.807, 2.05) is 38.3 Å². The fourth-order valence-corrected chi connectivity index (χ4v) is 2.04. The zero-order chi connectivity index (χ0) is 14.5. The first-order valence-corrected chi connectivity index (χ1v) is 7.56. The minimum absolute atomic E-state index is 0.0141. The average molecular weight is 291 g/mol. The van der Waals surface area contributed by atoms with Crippen molar-refractivity contribution in [3.8, 4) is 11.4 Å². The molecule has 20 heavy (non-hydrogen) atoms. The Kier molecular flexibility index (Phi) is 4.73. The predicted octanol–water partition coefficient (Wildman–Crippen LogP) is 2.26. The lowest BCUT2D eigenvalue weighted by Crippen LogP contribution is -2.16. The fraction of sp³-hybridized carbons (Fsp3) is 0.385. The van der Waals surface area contributed by atoms with E-state index >= 15 is 0 Å². The molecule has 1 atom stereocenters. The van der Waals surface area contributed by atoms with Gasteiger partial charge in [-0.2, -0.15) is 17.0 Å². The first-order valence-electron chi connectivity index (χ1n) is 6.27. The van der Waals surface area contributed by atoms with Gasteiger partial charge in [-0.1, -0.05) is 19.1 Å². The maximum absolute atomic E-state index is 12.0. The molecule has 0 fully saturated rings. The van der Waals surface area contributed by atoms with Gasteiger partial charge in [0.1, 0.15) is 0 Å². The first kappa shape index (κ1) is 14.5. The molecule has 1 amide bonds. The number of amides is 1. The number of aromatic amines is 1. The van der Waals surface area contributed by atoms with Gasteiger partial charge in [0.15, 0.2) is 0 Å². The molecule has 1 aromatic heterocycles. The van der Waals surface area contributed by atoms with Gasteiger partial charge in [0.2, 0.25) is 11.7 Å². The highest BCUT2D eigenvalue weighted by Crippen LogP contribution is 2.23. The number of nitrogens with one attached hydrogen (secondary N) is 2. The number of aryl methyl sites for hydroxylation is 1. The molecule has 0 aliphatic rings. The Hall–Kier alpha value is -1.89. The van der Waals surface area contributed by atoms with Crippen molar-refractivity contribution in [3.05, 3.63) is 23.8 Å². The maximum atomic E-state index is 12.0. The zero-order valence-electron chi connectivity index (χ0n) is 11.7. The van der Waals surface area contributed by atoms with Gasteiger partial charge in [0.25, 0.3) is 0 Å². The Balaban J connectivity index is 2.15. The second kappa shape index (κ2) is 6.51. The van der Waals surface area contributed by atoms with Crippen LogP contribution in [-0.2, 0) is 4.79 Å². The smallest absolute Gasteiger partial charge is 0.225 e. The number of carbonyl (C=O) groups excluding carboxylic acids is 1. The minimum Gasteiger partial charge on any atom is -0.326 e. The Morgan fingerprint density at radius 2 is 2.30 bits per heavy atom. The van der Waals surface area contributed by atoms with Crippen LogP contribution in [0.1, 0.15) is 18.9 Å². The third-order valence-corrected chi connectivity index (χ3v) is 3.96. The van der Waals surface area contributed by atoms with Crippen LogP contribution in [0.4, 0.5) is 5.69 Å². The van der Waals surface area contributed by atoms with Crippen LogP contribution in [-0.4, -0.2) is 38.0 Å². The van der Waals surface area contributed by atoms with Crippen LogP contribution < -0.4 is 5.32 Å². The molecule has 0 bridgehead atoms. The SMILES string of the molecule is CSC(C)CC(=O)Nc1cc(-c2nn[nH]n2)ccc1C. The molecule has 2 N–H and O–H groups in total. The van der Waals surface area contributed by atoms with Crippen LogP contribution >= 0.6 is 11.8 Å². The molecule has 1 heterocycles. The number of aromatic nitrogens is 4. The van der Waals surface area contributed by atoms with Gasteiger partial charge in [-0.25, -0.2) is 0 Å². The highest BCUT2D eigenvalue weighted by Gasteiger charge is 2.11. The molecule has 2 aromatic rings. The largest absolute Gasteiger partial charge is 0.326 e. The standard InChI is InChI=1S/C13H17N5OS/c1-8-4-5-10(13-15-17-18-16-13)7-11(8)14-12(19)6-9(2)20-3/h4-5,7,9H,6H2,1-3H3,(H,14,19)(H,15,16,17,18). The lowest BCUT2D eigenvalue weighted by molar-refractivity contribution is -0.116. The number of nitrogens with zero attached hydrogens (tertiary/aromatic N) is 3. The third-order valence-electron chi connectivity index (χ3n) is 2.99. The monoisotopic (exact) mass is 291 g/mol. The Morgan fingerprint density at radius 3 is 2.95 bits per heavy atom. The van der Waals surface area contributed by atoms with Gasteiger partial charge >= 0.3 is 0 Å². The Morgan fingerprint density at radius 1 is 1.50 bits per heavy atom. The quantitative estimate of drug-likeness (QED) is 0.882. The normalized spacial score (nSPS) is 12.2. The van der Waals surface area contributed by atoms with Gasteiger partial charge < -0.3 is 5.32 Å². The number of H-pyrrole nitrogens is 1. The van der Waals surface area contributed by atoms with Crippen LogP contribution in [0.5, 0.6) is 0 Å². The molecule has 0 spiro atoms. The molecule has 0 saturated heterocycles. The van der Waals surface area contributed by atoms with Gasteiger partial charge in [0, 0.05) is 22.9 Å². The zero-order valence-corrected chi connectivity index (χ0v) is 12.5. The number of thioether (sulfide) groups is 1. The maximum Gasteiger partial charge on any atom is 0.225 e. The van der Waals surface area contributed by atoms with E-state index in [0.717, 1.165) is 16.8 Å². The van der Waals surface area contributed by atoms with Crippen LogP contribution in [0.2, 0.25) is 0 Å². The van der Waals surface area contributed by atoms with E-state index in [9.17, 15) is 4.79 Å². The average Bonchev–Trinajstić information content (AvgIpc) is 2.95. The Bertz CT molecular complexity index is 584. The summed E-state index contributed by atoms with van der Waals surface area (Å²) in [7, 11) is 0. The molecular formula is C13H17N5OS. The van der Waals surface area contributed by atoms with E-state index in [1.54, 1.807) is 11.8 Å². The van der Waals surface area contributed by atoms with Crippen molar-refractivity contribution >= 4 is 23.4 Å². The topological polar surface area (TPSA) is 83.6 Å². The molecule has 1 aromatic carbocycles. The van der Waals surface area contributed by atoms with E-state index in [-0.39, 0.29) is 5.91 Å². The van der Waals surface area contributed by atoms with Crippen molar-refractivity contribution < 1.29 is 4.79 Å². The van der Waals surface area contributed by atoms with Gasteiger partial charge in [-0.3, -0.25) is 4.79 Å². The molecular weight excluding hydrogens is 274 g/mol. The number of hydrogen-bond donors (Lipinski definition) is 2. The molecule has 106 valence electrons. The summed E-state index contributed by atoms with van der Waals surface area (Å²) in [5.74, 6) is 0.526. The number of carbonyl (C=O) groups is 1. The van der Waals surface area contributed by atoms with Crippen LogP contribution in [0.25, 0.3) is 11.4 Å². The molecule has 0 aliphatic heterocycles.